The number of methoxy groups -OCH3 is 2. The van der Waals surface area contributed by atoms with E-state index in [9.17, 15) is 14.4 Å². The molecule has 4 heterocycles. The average molecular weight is 758 g/mol. The number of carbonyl (C=O) groups excluding carboxylic acids is 3. The second-order valence-corrected chi connectivity index (χ2v) is 15.5. The molecule has 6 rings (SSSR count). The molecule has 1 unspecified atom stereocenters. The maximum atomic E-state index is 14.1. The summed E-state index contributed by atoms with van der Waals surface area (Å²) in [5, 5.41) is 0. The van der Waals surface area contributed by atoms with Crippen molar-refractivity contribution in [3.63, 3.8) is 0 Å². The number of aliphatic imine (C=N–C) groups is 1. The molecule has 13 nitrogen and oxygen atoms in total. The van der Waals surface area contributed by atoms with E-state index in [0.717, 1.165) is 30.4 Å². The van der Waals surface area contributed by atoms with Gasteiger partial charge >= 0.3 is 0 Å². The summed E-state index contributed by atoms with van der Waals surface area (Å²) in [5.74, 6) is 1.02. The van der Waals surface area contributed by atoms with Gasteiger partial charge in [-0.1, -0.05) is 31.2 Å². The Morgan fingerprint density at radius 3 is 2.18 bits per heavy atom. The predicted molar refractivity (Wildman–Crippen MR) is 211 cm³/mol. The summed E-state index contributed by atoms with van der Waals surface area (Å²) in [6.45, 7) is 16.8. The number of hydrogen-bond donors (Lipinski definition) is 1. The fraction of sp³-hybridized carbons (Fsp3) is 0.524. The SMILES string of the molecule is C=C1C[C@H]2CN(C(=O)C(C)COC(C)(C)CCN)c3cc(OCCCCCOc4cc5c(cc4OC)C(=O)N4CC(=C)C[C@H]4C=N5)c(OC)cc3C(=O)N2C1. The molecule has 296 valence electrons. The van der Waals surface area contributed by atoms with Gasteiger partial charge in [0.2, 0.25) is 5.91 Å². The van der Waals surface area contributed by atoms with Gasteiger partial charge in [-0.15, -0.1) is 0 Å². The molecule has 2 N–H and O–H groups in total. The summed E-state index contributed by atoms with van der Waals surface area (Å²) in [7, 11) is 3.09. The van der Waals surface area contributed by atoms with Gasteiger partial charge in [-0.25, -0.2) is 0 Å². The van der Waals surface area contributed by atoms with Crippen molar-refractivity contribution >= 4 is 35.3 Å². The number of benzene rings is 2. The Bertz CT molecular complexity index is 1860. The van der Waals surface area contributed by atoms with E-state index in [1.54, 1.807) is 46.1 Å². The third kappa shape index (κ3) is 8.68. The van der Waals surface area contributed by atoms with Crippen LogP contribution in [0.5, 0.6) is 23.0 Å². The minimum absolute atomic E-state index is 0.0908. The van der Waals surface area contributed by atoms with Gasteiger partial charge in [-0.05, 0) is 71.0 Å². The summed E-state index contributed by atoms with van der Waals surface area (Å²) in [6.07, 6.45) is 6.09. The molecule has 0 bridgehead atoms. The molecule has 2 aromatic rings. The van der Waals surface area contributed by atoms with E-state index in [1.807, 2.05) is 27.0 Å². The summed E-state index contributed by atoms with van der Waals surface area (Å²) < 4.78 is 29.8. The highest BCUT2D eigenvalue weighted by atomic mass is 16.5. The third-order valence-corrected chi connectivity index (χ3v) is 10.7. The molecule has 0 spiro atoms. The van der Waals surface area contributed by atoms with Crippen molar-refractivity contribution in [1.29, 1.82) is 0 Å². The molecule has 55 heavy (non-hydrogen) atoms. The Morgan fingerprint density at radius 1 is 0.891 bits per heavy atom. The molecule has 4 aliphatic rings. The van der Waals surface area contributed by atoms with E-state index < -0.39 is 11.5 Å². The molecular formula is C42H55N5O8. The van der Waals surface area contributed by atoms with Crippen LogP contribution in [0.15, 0.2) is 53.6 Å². The van der Waals surface area contributed by atoms with E-state index in [0.29, 0.717) is 104 Å². The molecule has 3 amide bonds. The van der Waals surface area contributed by atoms with Crippen molar-refractivity contribution in [3.05, 3.63) is 59.7 Å². The van der Waals surface area contributed by atoms with Crippen molar-refractivity contribution in [2.75, 3.05) is 65.1 Å². The normalized spacial score (nSPS) is 19.7. The monoisotopic (exact) mass is 757 g/mol. The lowest BCUT2D eigenvalue weighted by Crippen LogP contribution is -2.44. The minimum Gasteiger partial charge on any atom is -0.493 e. The second kappa shape index (κ2) is 16.9. The summed E-state index contributed by atoms with van der Waals surface area (Å²) >= 11 is 0. The topological polar surface area (TPSA) is 145 Å². The maximum absolute atomic E-state index is 14.1. The molecule has 4 aliphatic heterocycles. The van der Waals surface area contributed by atoms with Gasteiger partial charge in [0, 0.05) is 38.0 Å². The van der Waals surface area contributed by atoms with E-state index >= 15 is 0 Å². The van der Waals surface area contributed by atoms with Gasteiger partial charge in [-0.3, -0.25) is 19.4 Å². The lowest BCUT2D eigenvalue weighted by atomic mass is 10.0. The van der Waals surface area contributed by atoms with Crippen LogP contribution in [0.25, 0.3) is 0 Å². The molecule has 0 radical (unpaired) electrons. The number of fused-ring (bicyclic) bond motifs is 4. The van der Waals surface area contributed by atoms with Crippen molar-refractivity contribution < 1.29 is 38.1 Å². The van der Waals surface area contributed by atoms with Crippen LogP contribution in [0.3, 0.4) is 0 Å². The molecular weight excluding hydrogens is 702 g/mol. The van der Waals surface area contributed by atoms with Gasteiger partial charge < -0.3 is 44.1 Å². The van der Waals surface area contributed by atoms with Gasteiger partial charge in [0.25, 0.3) is 11.8 Å². The van der Waals surface area contributed by atoms with Crippen molar-refractivity contribution in [1.82, 2.24) is 9.80 Å². The first-order chi connectivity index (χ1) is 26.3. The summed E-state index contributed by atoms with van der Waals surface area (Å²) in [6, 6.07) is 6.64. The minimum atomic E-state index is -0.468. The zero-order valence-electron chi connectivity index (χ0n) is 32.9. The van der Waals surface area contributed by atoms with Crippen LogP contribution in [0.4, 0.5) is 11.4 Å². The molecule has 0 aliphatic carbocycles. The number of nitrogens with zero attached hydrogens (tertiary/aromatic N) is 4. The molecule has 2 aromatic carbocycles. The lowest BCUT2D eigenvalue weighted by molar-refractivity contribution is -0.126. The zero-order valence-corrected chi connectivity index (χ0v) is 32.9. The standard InChI is InChI=1S/C42H55N5O8/c1-26-15-29-21-44-33-19-37(35(51-6)17-31(33)40(49)45(29)22-26)53-13-9-8-10-14-54-38-20-34-32(18-36(38)52-7)41(50)46-23-27(2)16-30(46)24-47(34)39(48)28(3)25-55-42(4,5)11-12-43/h17-21,28-30H,1-2,8-16,22-25,43H2,3-7H3/t28?,29-,30-/m0/s1. The van der Waals surface area contributed by atoms with Crippen LogP contribution in [0, 0.1) is 5.92 Å². The largest absolute Gasteiger partial charge is 0.493 e. The summed E-state index contributed by atoms with van der Waals surface area (Å²) in [4.78, 5) is 51.3. The number of ether oxygens (including phenoxy) is 5. The van der Waals surface area contributed by atoms with Gasteiger partial charge in [-0.2, -0.15) is 0 Å². The Hall–Kier alpha value is -4.88. The van der Waals surface area contributed by atoms with E-state index in [1.165, 1.54) is 7.11 Å². The third-order valence-electron chi connectivity index (χ3n) is 10.7. The van der Waals surface area contributed by atoms with E-state index in [-0.39, 0.29) is 36.4 Å². The van der Waals surface area contributed by atoms with Crippen LogP contribution >= 0.6 is 0 Å². The highest BCUT2D eigenvalue weighted by Gasteiger charge is 2.41. The Labute approximate surface area is 324 Å². The van der Waals surface area contributed by atoms with Crippen LogP contribution in [-0.4, -0.2) is 112 Å². The predicted octanol–water partition coefficient (Wildman–Crippen LogP) is 5.72. The molecule has 0 saturated carbocycles. The maximum Gasteiger partial charge on any atom is 0.257 e. The number of unbranched alkanes of at least 4 members (excludes halogenated alkanes) is 2. The Balaban J connectivity index is 1.09. The van der Waals surface area contributed by atoms with Gasteiger partial charge in [0.15, 0.2) is 23.0 Å². The number of hydrogen-bond acceptors (Lipinski definition) is 10. The van der Waals surface area contributed by atoms with Crippen LogP contribution < -0.4 is 29.6 Å². The molecule has 3 atom stereocenters. The average Bonchev–Trinajstić information content (AvgIpc) is 3.67. The second-order valence-electron chi connectivity index (χ2n) is 15.5. The van der Waals surface area contributed by atoms with E-state index in [4.69, 9.17) is 29.4 Å². The smallest absolute Gasteiger partial charge is 0.257 e. The highest BCUT2D eigenvalue weighted by molar-refractivity contribution is 6.07. The van der Waals surface area contributed by atoms with Gasteiger partial charge in [0.05, 0.1) is 80.1 Å². The molecule has 13 heteroatoms. The van der Waals surface area contributed by atoms with Crippen molar-refractivity contribution in [3.8, 4) is 23.0 Å². The first kappa shape index (κ1) is 39.8. The Kier molecular flexibility index (Phi) is 12.2. The molecule has 0 aromatic heterocycles. The van der Waals surface area contributed by atoms with E-state index in [2.05, 4.69) is 18.2 Å². The number of anilines is 1. The van der Waals surface area contributed by atoms with Crippen LogP contribution in [0.1, 0.15) is 80.0 Å². The first-order valence-electron chi connectivity index (χ1n) is 19.2. The zero-order chi connectivity index (χ0) is 39.4. The van der Waals surface area contributed by atoms with Gasteiger partial charge in [0.1, 0.15) is 0 Å². The number of amides is 3. The fourth-order valence-corrected chi connectivity index (χ4v) is 7.63. The molecule has 2 fully saturated rings. The fourth-order valence-electron chi connectivity index (χ4n) is 7.63. The van der Waals surface area contributed by atoms with Crippen LogP contribution in [0.2, 0.25) is 0 Å². The summed E-state index contributed by atoms with van der Waals surface area (Å²) in [5.41, 5.74) is 9.21. The Morgan fingerprint density at radius 2 is 1.51 bits per heavy atom. The lowest BCUT2D eigenvalue weighted by Gasteiger charge is -2.31. The quantitative estimate of drug-likeness (QED) is 0.168. The number of rotatable bonds is 16. The van der Waals surface area contributed by atoms with Crippen LogP contribution in [-0.2, 0) is 9.53 Å². The number of nitrogens with two attached hydrogens (primary N) is 1. The number of carbonyl (C=O) groups is 3. The van der Waals surface area contributed by atoms with Crippen molar-refractivity contribution in [2.45, 2.75) is 77.0 Å². The highest BCUT2D eigenvalue weighted by Crippen LogP contribution is 2.41. The van der Waals surface area contributed by atoms with Crippen molar-refractivity contribution in [2.24, 2.45) is 16.6 Å². The molecule has 2 saturated heterocycles. The first-order valence-corrected chi connectivity index (χ1v) is 19.2.